The van der Waals surface area contributed by atoms with Crippen molar-refractivity contribution < 1.29 is 14.0 Å². The van der Waals surface area contributed by atoms with Crippen LogP contribution in [0.4, 0.5) is 4.39 Å². The highest BCUT2D eigenvalue weighted by Crippen LogP contribution is 2.24. The van der Waals surface area contributed by atoms with Crippen LogP contribution in [0.3, 0.4) is 0 Å². The maximum absolute atomic E-state index is 14.6. The summed E-state index contributed by atoms with van der Waals surface area (Å²) in [6, 6.07) is 20.4. The van der Waals surface area contributed by atoms with E-state index in [2.05, 4.69) is 5.32 Å². The topological polar surface area (TPSA) is 49.4 Å². The second-order valence-electron chi connectivity index (χ2n) is 9.22. The Kier molecular flexibility index (Phi) is 9.00. The molecular weight excluding hydrogens is 498 g/mol. The Labute approximate surface area is 221 Å². The van der Waals surface area contributed by atoms with Crippen molar-refractivity contribution in [1.82, 2.24) is 10.2 Å². The van der Waals surface area contributed by atoms with Gasteiger partial charge in [0.25, 0.3) is 0 Å². The predicted octanol–water partition coefficient (Wildman–Crippen LogP) is 6.37. The molecule has 188 valence electrons. The molecule has 3 aromatic rings. The minimum atomic E-state index is -0.776. The van der Waals surface area contributed by atoms with Crippen LogP contribution >= 0.6 is 23.2 Å². The molecule has 1 atom stereocenters. The SMILES string of the molecule is O=C(NC1CCCC1)C(Cc1ccccc1)N(Cc1ccc(Cl)cc1)C(=O)Cc1c(F)cccc1Cl. The van der Waals surface area contributed by atoms with E-state index < -0.39 is 11.9 Å². The molecule has 1 aliphatic rings. The van der Waals surface area contributed by atoms with Crippen molar-refractivity contribution >= 4 is 35.0 Å². The van der Waals surface area contributed by atoms with Crippen LogP contribution in [0.1, 0.15) is 42.4 Å². The van der Waals surface area contributed by atoms with Crippen LogP contribution in [0.2, 0.25) is 10.0 Å². The lowest BCUT2D eigenvalue weighted by Crippen LogP contribution is -2.52. The summed E-state index contributed by atoms with van der Waals surface area (Å²) < 4.78 is 14.6. The molecule has 0 aromatic heterocycles. The molecule has 1 unspecified atom stereocenters. The van der Waals surface area contributed by atoms with Crippen molar-refractivity contribution in [1.29, 1.82) is 0 Å². The van der Waals surface area contributed by atoms with Gasteiger partial charge in [0.15, 0.2) is 0 Å². The van der Waals surface area contributed by atoms with Gasteiger partial charge in [0, 0.05) is 34.6 Å². The van der Waals surface area contributed by atoms with E-state index in [0.29, 0.717) is 11.4 Å². The maximum Gasteiger partial charge on any atom is 0.243 e. The number of carbonyl (C=O) groups excluding carboxylic acids is 2. The monoisotopic (exact) mass is 526 g/mol. The number of nitrogens with one attached hydrogen (secondary N) is 1. The smallest absolute Gasteiger partial charge is 0.243 e. The molecule has 1 fully saturated rings. The van der Waals surface area contributed by atoms with Gasteiger partial charge >= 0.3 is 0 Å². The maximum atomic E-state index is 14.6. The lowest BCUT2D eigenvalue weighted by molar-refractivity contribution is -0.141. The van der Waals surface area contributed by atoms with E-state index in [0.717, 1.165) is 36.8 Å². The number of halogens is 3. The molecule has 1 saturated carbocycles. The Morgan fingerprint density at radius 2 is 1.61 bits per heavy atom. The Morgan fingerprint density at radius 3 is 2.28 bits per heavy atom. The van der Waals surface area contributed by atoms with Gasteiger partial charge in [-0.15, -0.1) is 0 Å². The molecule has 0 spiro atoms. The highest BCUT2D eigenvalue weighted by atomic mass is 35.5. The molecule has 7 heteroatoms. The predicted molar refractivity (Wildman–Crippen MR) is 141 cm³/mol. The van der Waals surface area contributed by atoms with Gasteiger partial charge in [-0.05, 0) is 48.2 Å². The molecular formula is C29H29Cl2FN2O2. The van der Waals surface area contributed by atoms with Crippen molar-refractivity contribution in [3.63, 3.8) is 0 Å². The fourth-order valence-electron chi connectivity index (χ4n) is 4.66. The van der Waals surface area contributed by atoms with Crippen molar-refractivity contribution in [2.24, 2.45) is 0 Å². The molecule has 36 heavy (non-hydrogen) atoms. The minimum Gasteiger partial charge on any atom is -0.352 e. The minimum absolute atomic E-state index is 0.101. The Hall–Kier alpha value is -2.89. The first-order chi connectivity index (χ1) is 17.4. The van der Waals surface area contributed by atoms with Crippen LogP contribution in [-0.4, -0.2) is 28.8 Å². The quantitative estimate of drug-likeness (QED) is 0.352. The van der Waals surface area contributed by atoms with Gasteiger partial charge in [-0.2, -0.15) is 0 Å². The standard InChI is InChI=1S/C29H29Cl2FN2O2/c30-22-15-13-21(14-16-22)19-34(28(35)18-24-25(31)11-6-12-26(24)32)27(17-20-7-2-1-3-8-20)29(36)33-23-9-4-5-10-23/h1-3,6-8,11-16,23,27H,4-5,9-10,17-19H2,(H,33,36). The van der Waals surface area contributed by atoms with Crippen LogP contribution < -0.4 is 5.32 Å². The highest BCUT2D eigenvalue weighted by Gasteiger charge is 2.32. The summed E-state index contributed by atoms with van der Waals surface area (Å²) in [5.74, 6) is -1.12. The summed E-state index contributed by atoms with van der Waals surface area (Å²) in [7, 11) is 0. The summed E-state index contributed by atoms with van der Waals surface area (Å²) >= 11 is 12.3. The molecule has 1 N–H and O–H groups in total. The largest absolute Gasteiger partial charge is 0.352 e. The summed E-state index contributed by atoms with van der Waals surface area (Å²) in [5, 5.41) is 3.93. The Balaban J connectivity index is 1.68. The van der Waals surface area contributed by atoms with Crippen molar-refractivity contribution in [2.45, 2.75) is 57.2 Å². The number of nitrogens with zero attached hydrogens (tertiary/aromatic N) is 1. The number of hydrogen-bond acceptors (Lipinski definition) is 2. The van der Waals surface area contributed by atoms with Crippen molar-refractivity contribution in [3.05, 3.63) is 105 Å². The lowest BCUT2D eigenvalue weighted by Gasteiger charge is -2.32. The molecule has 0 heterocycles. The molecule has 1 aliphatic carbocycles. The molecule has 0 saturated heterocycles. The highest BCUT2D eigenvalue weighted by molar-refractivity contribution is 6.31. The van der Waals surface area contributed by atoms with Gasteiger partial charge in [-0.3, -0.25) is 9.59 Å². The zero-order chi connectivity index (χ0) is 25.5. The molecule has 4 rings (SSSR count). The second-order valence-corrected chi connectivity index (χ2v) is 10.1. The van der Waals surface area contributed by atoms with Gasteiger partial charge in [0.05, 0.1) is 6.42 Å². The van der Waals surface area contributed by atoms with E-state index in [1.54, 1.807) is 23.1 Å². The summed E-state index contributed by atoms with van der Waals surface area (Å²) in [5.41, 5.74) is 1.88. The van der Waals surface area contributed by atoms with Crippen LogP contribution in [-0.2, 0) is 29.0 Å². The fraction of sp³-hybridized carbons (Fsp3) is 0.310. The van der Waals surface area contributed by atoms with E-state index in [-0.39, 0.29) is 41.4 Å². The second kappa shape index (κ2) is 12.4. The fourth-order valence-corrected chi connectivity index (χ4v) is 5.02. The van der Waals surface area contributed by atoms with Crippen LogP contribution in [0.5, 0.6) is 0 Å². The molecule has 0 aliphatic heterocycles. The first-order valence-electron chi connectivity index (χ1n) is 12.2. The number of hydrogen-bond donors (Lipinski definition) is 1. The third-order valence-corrected chi connectivity index (χ3v) is 7.23. The average Bonchev–Trinajstić information content (AvgIpc) is 3.38. The first-order valence-corrected chi connectivity index (χ1v) is 13.0. The van der Waals surface area contributed by atoms with Crippen LogP contribution in [0, 0.1) is 5.82 Å². The summed E-state index contributed by atoms with van der Waals surface area (Å²) in [4.78, 5) is 29.0. The Bertz CT molecular complexity index is 1160. The van der Waals surface area contributed by atoms with E-state index in [1.807, 2.05) is 42.5 Å². The molecule has 3 aromatic carbocycles. The van der Waals surface area contributed by atoms with Crippen molar-refractivity contribution in [3.8, 4) is 0 Å². The molecule has 2 amide bonds. The van der Waals surface area contributed by atoms with Gasteiger partial charge in [-0.25, -0.2) is 4.39 Å². The first kappa shape index (κ1) is 26.2. The van der Waals surface area contributed by atoms with E-state index >= 15 is 0 Å². The third kappa shape index (κ3) is 6.86. The zero-order valence-electron chi connectivity index (χ0n) is 19.9. The van der Waals surface area contributed by atoms with Gasteiger partial charge in [-0.1, -0.05) is 84.6 Å². The summed E-state index contributed by atoms with van der Waals surface area (Å²) in [6.07, 6.45) is 4.10. The van der Waals surface area contributed by atoms with Gasteiger partial charge in [0.1, 0.15) is 11.9 Å². The van der Waals surface area contributed by atoms with Gasteiger partial charge < -0.3 is 10.2 Å². The number of carbonyl (C=O) groups is 2. The molecule has 0 bridgehead atoms. The van der Waals surface area contributed by atoms with Crippen LogP contribution in [0.25, 0.3) is 0 Å². The van der Waals surface area contributed by atoms with E-state index in [9.17, 15) is 14.0 Å². The van der Waals surface area contributed by atoms with Gasteiger partial charge in [0.2, 0.25) is 11.8 Å². The van der Waals surface area contributed by atoms with E-state index in [4.69, 9.17) is 23.2 Å². The zero-order valence-corrected chi connectivity index (χ0v) is 21.4. The lowest BCUT2D eigenvalue weighted by atomic mass is 10.0. The number of benzene rings is 3. The van der Waals surface area contributed by atoms with E-state index in [1.165, 1.54) is 12.1 Å². The van der Waals surface area contributed by atoms with Crippen LogP contribution in [0.15, 0.2) is 72.8 Å². The summed E-state index contributed by atoms with van der Waals surface area (Å²) in [6.45, 7) is 0.178. The Morgan fingerprint density at radius 1 is 0.917 bits per heavy atom. The number of rotatable bonds is 9. The normalized spacial score (nSPS) is 14.4. The third-order valence-electron chi connectivity index (χ3n) is 6.63. The number of amides is 2. The molecule has 4 nitrogen and oxygen atoms in total. The molecule has 0 radical (unpaired) electrons. The van der Waals surface area contributed by atoms with Crippen molar-refractivity contribution in [2.75, 3.05) is 0 Å². The average molecular weight is 527 g/mol.